The Balaban J connectivity index is 4.09. The van der Waals surface area contributed by atoms with Crippen LogP contribution in [0.3, 0.4) is 0 Å². The van der Waals surface area contributed by atoms with Crippen molar-refractivity contribution < 1.29 is 28.6 Å². The van der Waals surface area contributed by atoms with Gasteiger partial charge in [0.25, 0.3) is 0 Å². The number of carbonyl (C=O) groups is 3. The maximum absolute atomic E-state index is 12.8. The predicted octanol–water partition coefficient (Wildman–Crippen LogP) is 21.3. The summed E-state index contributed by atoms with van der Waals surface area (Å²) in [6.07, 6.45) is 79.4. The molecule has 422 valence electrons. The lowest BCUT2D eigenvalue weighted by Gasteiger charge is -2.18. The molecule has 0 aliphatic heterocycles. The van der Waals surface area contributed by atoms with Crippen molar-refractivity contribution in [2.75, 3.05) is 13.2 Å². The lowest BCUT2D eigenvalue weighted by molar-refractivity contribution is -0.167. The van der Waals surface area contributed by atoms with Crippen molar-refractivity contribution in [1.82, 2.24) is 0 Å². The first-order chi connectivity index (χ1) is 36.0. The lowest BCUT2D eigenvalue weighted by Crippen LogP contribution is -2.30. The number of unbranched alkanes of at least 4 members (excludes halogenated alkanes) is 34. The van der Waals surface area contributed by atoms with E-state index < -0.39 is 6.10 Å². The Morgan fingerprint density at radius 1 is 0.288 bits per heavy atom. The average Bonchev–Trinajstić information content (AvgIpc) is 3.39. The number of ether oxygens (including phenoxy) is 3. The van der Waals surface area contributed by atoms with E-state index in [0.29, 0.717) is 19.3 Å². The Morgan fingerprint density at radius 3 is 0.836 bits per heavy atom. The van der Waals surface area contributed by atoms with Crippen molar-refractivity contribution in [1.29, 1.82) is 0 Å². The molecule has 0 aliphatic rings. The summed E-state index contributed by atoms with van der Waals surface area (Å²) < 4.78 is 16.8. The normalized spacial score (nSPS) is 12.5. The molecule has 0 N–H and O–H groups in total. The second-order valence-electron chi connectivity index (χ2n) is 20.9. The fourth-order valence-electron chi connectivity index (χ4n) is 9.00. The highest BCUT2D eigenvalue weighted by Crippen LogP contribution is 2.17. The van der Waals surface area contributed by atoms with Crippen molar-refractivity contribution in [2.45, 2.75) is 322 Å². The van der Waals surface area contributed by atoms with Crippen LogP contribution < -0.4 is 0 Å². The largest absolute Gasteiger partial charge is 0.462 e. The van der Waals surface area contributed by atoms with Crippen LogP contribution in [0.25, 0.3) is 0 Å². The Hall–Kier alpha value is -3.15. The van der Waals surface area contributed by atoms with Crippen molar-refractivity contribution in [3.8, 4) is 0 Å². The number of allylic oxidation sites excluding steroid dienone is 12. The van der Waals surface area contributed by atoms with Crippen molar-refractivity contribution in [3.05, 3.63) is 72.9 Å². The van der Waals surface area contributed by atoms with Crippen LogP contribution in [0.1, 0.15) is 316 Å². The van der Waals surface area contributed by atoms with E-state index in [1.54, 1.807) is 0 Å². The van der Waals surface area contributed by atoms with Crippen LogP contribution in [0.15, 0.2) is 72.9 Å². The molecule has 0 saturated carbocycles. The molecule has 0 radical (unpaired) electrons. The SMILES string of the molecule is CC/C=C\C/C=C\C/C=C\C/C=C\CCCCCCCCC(=O)OC(COC(=O)CCCCCCCCC)COC(=O)CCCCCCCCCCCCCCCCCCC/C=C\C/C=C\CCCCCCC. The molecule has 0 spiro atoms. The van der Waals surface area contributed by atoms with Gasteiger partial charge in [0.15, 0.2) is 6.10 Å². The molecule has 0 saturated heterocycles. The summed E-state index contributed by atoms with van der Waals surface area (Å²) in [4.78, 5) is 38.0. The molecule has 6 nitrogen and oxygen atoms in total. The molecule has 0 aromatic rings. The molecule has 0 fully saturated rings. The third kappa shape index (κ3) is 59.6. The summed E-state index contributed by atoms with van der Waals surface area (Å²) in [5.41, 5.74) is 0. The molecule has 73 heavy (non-hydrogen) atoms. The summed E-state index contributed by atoms with van der Waals surface area (Å²) in [5, 5.41) is 0. The van der Waals surface area contributed by atoms with E-state index in [1.165, 1.54) is 173 Å². The maximum Gasteiger partial charge on any atom is 0.306 e. The summed E-state index contributed by atoms with van der Waals surface area (Å²) in [7, 11) is 0. The molecule has 0 aromatic carbocycles. The lowest BCUT2D eigenvalue weighted by atomic mass is 10.0. The summed E-state index contributed by atoms with van der Waals surface area (Å²) in [6, 6.07) is 0. The van der Waals surface area contributed by atoms with Crippen molar-refractivity contribution in [2.24, 2.45) is 0 Å². The van der Waals surface area contributed by atoms with Gasteiger partial charge in [0.1, 0.15) is 13.2 Å². The van der Waals surface area contributed by atoms with Gasteiger partial charge in [0, 0.05) is 19.3 Å². The van der Waals surface area contributed by atoms with Crippen LogP contribution in [-0.4, -0.2) is 37.2 Å². The number of esters is 3. The molecule has 0 aliphatic carbocycles. The van der Waals surface area contributed by atoms with E-state index in [0.717, 1.165) is 103 Å². The smallest absolute Gasteiger partial charge is 0.306 e. The van der Waals surface area contributed by atoms with Gasteiger partial charge in [-0.2, -0.15) is 0 Å². The third-order valence-corrected chi connectivity index (χ3v) is 13.7. The second-order valence-corrected chi connectivity index (χ2v) is 20.9. The third-order valence-electron chi connectivity index (χ3n) is 13.7. The van der Waals surface area contributed by atoms with E-state index in [4.69, 9.17) is 14.2 Å². The molecule has 0 heterocycles. The number of hydrogen-bond acceptors (Lipinski definition) is 6. The Labute approximate surface area is 453 Å². The van der Waals surface area contributed by atoms with E-state index >= 15 is 0 Å². The van der Waals surface area contributed by atoms with E-state index in [-0.39, 0.29) is 31.1 Å². The quantitative estimate of drug-likeness (QED) is 0.0261. The van der Waals surface area contributed by atoms with Crippen molar-refractivity contribution in [3.63, 3.8) is 0 Å². The monoisotopic (exact) mass is 1020 g/mol. The molecule has 0 aromatic heterocycles. The Bertz CT molecular complexity index is 1360. The van der Waals surface area contributed by atoms with Gasteiger partial charge in [-0.25, -0.2) is 0 Å². The average molecular weight is 1020 g/mol. The first-order valence-corrected chi connectivity index (χ1v) is 31.4. The zero-order valence-corrected chi connectivity index (χ0v) is 48.4. The molecular weight excluding hydrogens is 901 g/mol. The van der Waals surface area contributed by atoms with Crippen LogP contribution in [0.4, 0.5) is 0 Å². The van der Waals surface area contributed by atoms with E-state index in [1.807, 2.05) is 0 Å². The van der Waals surface area contributed by atoms with Crippen LogP contribution in [0.5, 0.6) is 0 Å². The molecule has 1 unspecified atom stereocenters. The number of hydrogen-bond donors (Lipinski definition) is 0. The number of rotatable bonds is 57. The van der Waals surface area contributed by atoms with Crippen LogP contribution in [-0.2, 0) is 28.6 Å². The molecular formula is C67H118O6. The van der Waals surface area contributed by atoms with Gasteiger partial charge in [-0.05, 0) is 89.9 Å². The zero-order chi connectivity index (χ0) is 52.9. The van der Waals surface area contributed by atoms with Crippen molar-refractivity contribution >= 4 is 17.9 Å². The van der Waals surface area contributed by atoms with Gasteiger partial charge < -0.3 is 14.2 Å². The molecule has 0 amide bonds. The van der Waals surface area contributed by atoms with Gasteiger partial charge in [-0.3, -0.25) is 14.4 Å². The molecule has 6 heteroatoms. The maximum atomic E-state index is 12.8. The zero-order valence-electron chi connectivity index (χ0n) is 48.4. The summed E-state index contributed by atoms with van der Waals surface area (Å²) in [6.45, 7) is 6.49. The first-order valence-electron chi connectivity index (χ1n) is 31.4. The minimum Gasteiger partial charge on any atom is -0.462 e. The molecule has 1 atom stereocenters. The minimum absolute atomic E-state index is 0.0785. The Morgan fingerprint density at radius 2 is 0.534 bits per heavy atom. The van der Waals surface area contributed by atoms with Gasteiger partial charge in [0.2, 0.25) is 0 Å². The minimum atomic E-state index is -0.780. The highest BCUT2D eigenvalue weighted by atomic mass is 16.6. The van der Waals surface area contributed by atoms with E-state index in [9.17, 15) is 14.4 Å². The van der Waals surface area contributed by atoms with Crippen LogP contribution in [0.2, 0.25) is 0 Å². The van der Waals surface area contributed by atoms with Crippen LogP contribution >= 0.6 is 0 Å². The fourth-order valence-corrected chi connectivity index (χ4v) is 9.00. The first kappa shape index (κ1) is 69.8. The highest BCUT2D eigenvalue weighted by molar-refractivity contribution is 5.71. The predicted molar refractivity (Wildman–Crippen MR) is 316 cm³/mol. The highest BCUT2D eigenvalue weighted by Gasteiger charge is 2.19. The number of carbonyl (C=O) groups excluding carboxylic acids is 3. The standard InChI is InChI=1S/C67H118O6/c1-4-7-10-13-16-18-20-22-24-26-28-29-30-31-32-33-34-35-36-37-39-40-42-44-46-48-51-54-57-60-66(69)72-63-64(62-71-65(68)59-56-53-50-15-12-9-6-3)73-67(70)61-58-55-52-49-47-45-43-41-38-27-25-23-21-19-17-14-11-8-5-2/h8,11,17,19-20,22-23,25-26,28,38,41,64H,4-7,9-10,12-16,18,21,24,27,29-37,39-40,42-63H2,1-3H3/b11-8-,19-17-,22-20-,25-23-,28-26-,41-38-. The van der Waals surface area contributed by atoms with Gasteiger partial charge >= 0.3 is 17.9 Å². The van der Waals surface area contributed by atoms with Gasteiger partial charge in [-0.1, -0.05) is 280 Å². The van der Waals surface area contributed by atoms with E-state index in [2.05, 4.69) is 93.7 Å². The van der Waals surface area contributed by atoms with Gasteiger partial charge in [0.05, 0.1) is 0 Å². The molecule has 0 bridgehead atoms. The summed E-state index contributed by atoms with van der Waals surface area (Å²) in [5.74, 6) is -0.888. The summed E-state index contributed by atoms with van der Waals surface area (Å²) >= 11 is 0. The molecule has 0 rings (SSSR count). The topological polar surface area (TPSA) is 78.9 Å². The second kappa shape index (κ2) is 61.4. The van der Waals surface area contributed by atoms with Gasteiger partial charge in [-0.15, -0.1) is 0 Å². The Kier molecular flexibility index (Phi) is 58.7. The fraction of sp³-hybridized carbons (Fsp3) is 0.776. The van der Waals surface area contributed by atoms with Crippen LogP contribution in [0, 0.1) is 0 Å².